The van der Waals surface area contributed by atoms with Crippen molar-refractivity contribution in [2.45, 2.75) is 57.2 Å². The van der Waals surface area contributed by atoms with E-state index in [1.807, 2.05) is 48.5 Å². The molecule has 1 aliphatic rings. The zero-order valence-electron chi connectivity index (χ0n) is 26.0. The number of amides is 3. The molecule has 242 valence electrons. The van der Waals surface area contributed by atoms with E-state index < -0.39 is 12.1 Å². The van der Waals surface area contributed by atoms with E-state index in [1.54, 1.807) is 18.8 Å². The molecule has 3 atom stereocenters. The van der Waals surface area contributed by atoms with E-state index in [1.165, 1.54) is 11.3 Å². The fourth-order valence-corrected chi connectivity index (χ4v) is 6.06. The number of hydrogen-bond acceptors (Lipinski definition) is 8. The summed E-state index contributed by atoms with van der Waals surface area (Å²) in [4.78, 5) is 46.1. The number of ether oxygens (including phenoxy) is 2. The van der Waals surface area contributed by atoms with Gasteiger partial charge in [0.1, 0.15) is 6.61 Å². The number of morpholine rings is 1. The molecule has 1 aromatic heterocycles. The molecule has 1 fully saturated rings. The number of carbonyl (C=O) groups excluding carboxylic acids is 3. The van der Waals surface area contributed by atoms with E-state index in [2.05, 4.69) is 38.0 Å². The molecule has 0 bridgehead atoms. The van der Waals surface area contributed by atoms with E-state index in [9.17, 15) is 14.4 Å². The number of alkyl carbamates (subject to hydrolysis) is 1. The Labute approximate surface area is 269 Å². The van der Waals surface area contributed by atoms with E-state index in [-0.39, 0.29) is 30.4 Å². The van der Waals surface area contributed by atoms with Gasteiger partial charge in [-0.1, -0.05) is 60.7 Å². The van der Waals surface area contributed by atoms with Crippen molar-refractivity contribution in [2.75, 3.05) is 39.9 Å². The van der Waals surface area contributed by atoms with Crippen LogP contribution in [0, 0.1) is 5.92 Å². The number of rotatable bonds is 17. The summed E-state index contributed by atoms with van der Waals surface area (Å²) >= 11 is 1.44. The Hall–Kier alpha value is -3.80. The number of Topliss-reactive ketones (excluding diaryl/α,β-unsaturated/α-hetero) is 1. The van der Waals surface area contributed by atoms with Crippen LogP contribution < -0.4 is 16.0 Å². The van der Waals surface area contributed by atoms with Gasteiger partial charge in [-0.15, -0.1) is 11.3 Å². The number of urea groups is 1. The van der Waals surface area contributed by atoms with Crippen LogP contribution in [0.1, 0.15) is 41.7 Å². The predicted molar refractivity (Wildman–Crippen MR) is 175 cm³/mol. The minimum atomic E-state index is -0.592. The van der Waals surface area contributed by atoms with Gasteiger partial charge in [0.05, 0.1) is 29.6 Å². The average molecular weight is 636 g/mol. The third-order valence-corrected chi connectivity index (χ3v) is 8.77. The number of benzene rings is 2. The van der Waals surface area contributed by atoms with Crippen LogP contribution in [-0.2, 0) is 33.7 Å². The van der Waals surface area contributed by atoms with Gasteiger partial charge in [0.25, 0.3) is 0 Å². The Morgan fingerprint density at radius 1 is 0.933 bits per heavy atom. The third kappa shape index (κ3) is 12.6. The molecule has 0 saturated carbocycles. The van der Waals surface area contributed by atoms with Gasteiger partial charge in [-0.3, -0.25) is 14.7 Å². The molecule has 45 heavy (non-hydrogen) atoms. The summed E-state index contributed by atoms with van der Waals surface area (Å²) in [7, 11) is 1.55. The molecule has 4 rings (SSSR count). The molecule has 0 aliphatic carbocycles. The highest BCUT2D eigenvalue weighted by molar-refractivity contribution is 7.09. The second kappa shape index (κ2) is 18.9. The fraction of sp³-hybridized carbons (Fsp3) is 0.471. The average Bonchev–Trinajstić information content (AvgIpc) is 3.59. The normalized spacial score (nSPS) is 15.4. The SMILES string of the molecule is CNC(=O)N[C@@H](CCN1CCOCC1)C(=O)C[C@H](CC[C@H](Cc1ccccc1)NC(=O)OCc1cncs1)Cc1ccccc1. The second-order valence-corrected chi connectivity index (χ2v) is 12.4. The molecule has 3 N–H and O–H groups in total. The van der Waals surface area contributed by atoms with Gasteiger partial charge >= 0.3 is 12.1 Å². The Kier molecular flexibility index (Phi) is 14.3. The molecule has 1 aliphatic heterocycles. The van der Waals surface area contributed by atoms with Gasteiger partial charge in [-0.05, 0) is 49.1 Å². The van der Waals surface area contributed by atoms with Gasteiger partial charge in [0.2, 0.25) is 0 Å². The van der Waals surface area contributed by atoms with Crippen molar-refractivity contribution in [1.29, 1.82) is 0 Å². The van der Waals surface area contributed by atoms with Crippen LogP contribution in [0.5, 0.6) is 0 Å². The van der Waals surface area contributed by atoms with Gasteiger partial charge in [-0.2, -0.15) is 0 Å². The molecule has 2 aromatic carbocycles. The summed E-state index contributed by atoms with van der Waals surface area (Å²) in [6.45, 7) is 3.87. The van der Waals surface area contributed by atoms with Crippen LogP contribution in [-0.4, -0.2) is 79.8 Å². The molecule has 3 aromatic rings. The number of nitrogens with one attached hydrogen (secondary N) is 3. The summed E-state index contributed by atoms with van der Waals surface area (Å²) in [6, 6.07) is 19.0. The number of ketones is 1. The van der Waals surface area contributed by atoms with Gasteiger partial charge in [0.15, 0.2) is 5.78 Å². The lowest BCUT2D eigenvalue weighted by atomic mass is 9.86. The van der Waals surface area contributed by atoms with Crippen LogP contribution in [0.3, 0.4) is 0 Å². The third-order valence-electron chi connectivity index (χ3n) is 8.02. The van der Waals surface area contributed by atoms with Crippen molar-refractivity contribution in [2.24, 2.45) is 5.92 Å². The Bertz CT molecular complexity index is 1290. The molecule has 3 amide bonds. The Morgan fingerprint density at radius 3 is 2.27 bits per heavy atom. The van der Waals surface area contributed by atoms with E-state index >= 15 is 0 Å². The lowest BCUT2D eigenvalue weighted by Crippen LogP contribution is -2.48. The molecular weight excluding hydrogens is 590 g/mol. The lowest BCUT2D eigenvalue weighted by molar-refractivity contribution is -0.122. The second-order valence-electron chi connectivity index (χ2n) is 11.4. The highest BCUT2D eigenvalue weighted by atomic mass is 32.1. The first-order valence-electron chi connectivity index (χ1n) is 15.7. The maximum absolute atomic E-state index is 13.8. The number of hydrogen-bond donors (Lipinski definition) is 3. The first-order valence-corrected chi connectivity index (χ1v) is 16.6. The number of nitrogens with zero attached hydrogens (tertiary/aromatic N) is 2. The van der Waals surface area contributed by atoms with E-state index in [4.69, 9.17) is 9.47 Å². The summed E-state index contributed by atoms with van der Waals surface area (Å²) in [5, 5.41) is 8.55. The Balaban J connectivity index is 1.43. The minimum Gasteiger partial charge on any atom is -0.444 e. The van der Waals surface area contributed by atoms with Crippen molar-refractivity contribution in [3.63, 3.8) is 0 Å². The quantitative estimate of drug-likeness (QED) is 0.198. The zero-order chi connectivity index (χ0) is 31.7. The summed E-state index contributed by atoms with van der Waals surface area (Å²) < 4.78 is 10.9. The number of thiazole rings is 1. The molecule has 10 nitrogen and oxygen atoms in total. The summed E-state index contributed by atoms with van der Waals surface area (Å²) in [6.07, 6.45) is 4.81. The van der Waals surface area contributed by atoms with Crippen LogP contribution in [0.4, 0.5) is 9.59 Å². The van der Waals surface area contributed by atoms with Crippen LogP contribution in [0.25, 0.3) is 0 Å². The number of carbonyl (C=O) groups is 3. The van der Waals surface area contributed by atoms with Gasteiger partial charge in [-0.25, -0.2) is 9.59 Å². The molecule has 0 unspecified atom stereocenters. The highest BCUT2D eigenvalue weighted by Gasteiger charge is 2.26. The summed E-state index contributed by atoms with van der Waals surface area (Å²) in [5.41, 5.74) is 3.97. The molecular formula is C34H45N5O5S. The van der Waals surface area contributed by atoms with Crippen LogP contribution >= 0.6 is 11.3 Å². The van der Waals surface area contributed by atoms with E-state index in [0.29, 0.717) is 51.9 Å². The maximum atomic E-state index is 13.8. The largest absolute Gasteiger partial charge is 0.444 e. The minimum absolute atomic E-state index is 0.0179. The maximum Gasteiger partial charge on any atom is 0.407 e. The standard InChI is InChI=1S/C34H45N5O5S/c1-35-33(41)38-31(14-15-39-16-18-43-19-17-39)32(40)22-28(20-26-8-4-2-5-9-26)12-13-29(21-27-10-6-3-7-11-27)37-34(42)44-24-30-23-36-25-45-30/h2-11,23,25,28-29,31H,12-22,24H2,1H3,(H,37,42)(H2,35,38,41)/t28-,29-,31+/m1/s1. The van der Waals surface area contributed by atoms with Crippen molar-refractivity contribution < 1.29 is 23.9 Å². The molecule has 1 saturated heterocycles. The summed E-state index contributed by atoms with van der Waals surface area (Å²) in [5.74, 6) is 0.0369. The smallest absolute Gasteiger partial charge is 0.407 e. The topological polar surface area (TPSA) is 122 Å². The lowest BCUT2D eigenvalue weighted by Gasteiger charge is -2.29. The molecule has 2 heterocycles. The molecule has 0 radical (unpaired) electrons. The Morgan fingerprint density at radius 2 is 1.62 bits per heavy atom. The van der Waals surface area contributed by atoms with Crippen molar-refractivity contribution in [3.05, 3.63) is 88.4 Å². The van der Waals surface area contributed by atoms with Crippen molar-refractivity contribution in [3.8, 4) is 0 Å². The van der Waals surface area contributed by atoms with Crippen molar-refractivity contribution in [1.82, 2.24) is 25.8 Å². The van der Waals surface area contributed by atoms with Gasteiger partial charge < -0.3 is 25.4 Å². The molecule has 0 spiro atoms. The highest BCUT2D eigenvalue weighted by Crippen LogP contribution is 2.22. The first kappa shape index (κ1) is 34.1. The monoisotopic (exact) mass is 635 g/mol. The molecule has 11 heteroatoms. The van der Waals surface area contributed by atoms with Gasteiger partial charge in [0, 0.05) is 45.3 Å². The number of aromatic nitrogens is 1. The zero-order valence-corrected chi connectivity index (χ0v) is 26.8. The first-order chi connectivity index (χ1) is 22.0. The van der Waals surface area contributed by atoms with Crippen LogP contribution in [0.15, 0.2) is 72.4 Å². The fourth-order valence-electron chi connectivity index (χ4n) is 5.55. The van der Waals surface area contributed by atoms with Crippen molar-refractivity contribution >= 4 is 29.2 Å². The predicted octanol–water partition coefficient (Wildman–Crippen LogP) is 4.60. The van der Waals surface area contributed by atoms with Crippen LogP contribution in [0.2, 0.25) is 0 Å². The van der Waals surface area contributed by atoms with E-state index in [0.717, 1.165) is 35.5 Å².